The molecule has 2 aliphatic rings. The predicted octanol–water partition coefficient (Wildman–Crippen LogP) is 5.61. The number of rotatable bonds is 6. The Labute approximate surface area is 219 Å². The summed E-state index contributed by atoms with van der Waals surface area (Å²) in [6, 6.07) is 10.6. The molecule has 2 fully saturated rings. The fraction of sp³-hybridized carbons (Fsp3) is 0.370. The van der Waals surface area contributed by atoms with Crippen LogP contribution in [0.25, 0.3) is 11.3 Å². The predicted molar refractivity (Wildman–Crippen MR) is 140 cm³/mol. The highest BCUT2D eigenvalue weighted by molar-refractivity contribution is 6.34. The molecule has 1 aliphatic heterocycles. The smallest absolute Gasteiger partial charge is 0.262 e. The van der Waals surface area contributed by atoms with Crippen molar-refractivity contribution < 1.29 is 18.1 Å². The van der Waals surface area contributed by atoms with E-state index >= 15 is 0 Å². The van der Waals surface area contributed by atoms with Crippen LogP contribution in [0.1, 0.15) is 47.7 Å². The fourth-order valence-electron chi connectivity index (χ4n) is 4.89. The van der Waals surface area contributed by atoms with Gasteiger partial charge >= 0.3 is 0 Å². The highest BCUT2D eigenvalue weighted by atomic mass is 35.5. The summed E-state index contributed by atoms with van der Waals surface area (Å²) in [7, 11) is 0. The largest absolute Gasteiger partial charge is 0.369 e. The zero-order valence-corrected chi connectivity index (χ0v) is 21.0. The Hall–Kier alpha value is -3.39. The number of hydrogen-bond donors (Lipinski definition) is 1. The number of amides is 2. The summed E-state index contributed by atoms with van der Waals surface area (Å²) >= 11 is 6.17. The molecule has 188 valence electrons. The van der Waals surface area contributed by atoms with E-state index in [2.05, 4.69) is 15.3 Å². The molecular formula is C27H29ClFN5O2. The van der Waals surface area contributed by atoms with E-state index in [1.165, 1.54) is 19.1 Å². The van der Waals surface area contributed by atoms with Gasteiger partial charge < -0.3 is 15.1 Å². The summed E-state index contributed by atoms with van der Waals surface area (Å²) < 4.78 is 41.3. The van der Waals surface area contributed by atoms with Crippen LogP contribution in [0.2, 0.25) is 5.02 Å². The Morgan fingerprint density at radius 3 is 2.61 bits per heavy atom. The van der Waals surface area contributed by atoms with E-state index in [1.807, 2.05) is 19.9 Å². The maximum Gasteiger partial charge on any atom is 0.262 e. The lowest BCUT2D eigenvalue weighted by atomic mass is 10.1. The van der Waals surface area contributed by atoms with Gasteiger partial charge in [-0.25, -0.2) is 4.39 Å². The van der Waals surface area contributed by atoms with E-state index < -0.39 is 24.3 Å². The number of fused-ring (bicyclic) bond motifs is 1. The van der Waals surface area contributed by atoms with Crippen LogP contribution in [0.4, 0.5) is 21.6 Å². The molecular weight excluding hydrogens is 481 g/mol. The first kappa shape index (κ1) is 20.8. The minimum atomic E-state index is -2.92. The van der Waals surface area contributed by atoms with Crippen molar-refractivity contribution in [3.63, 3.8) is 0 Å². The highest BCUT2D eigenvalue weighted by Gasteiger charge is 2.45. The number of benzene rings is 2. The third-order valence-electron chi connectivity index (χ3n) is 6.74. The zero-order valence-electron chi connectivity index (χ0n) is 23.3. The molecule has 2 unspecified atom stereocenters. The number of carbonyl (C=O) groups is 2. The highest BCUT2D eigenvalue weighted by Crippen LogP contribution is 2.48. The van der Waals surface area contributed by atoms with E-state index in [1.54, 1.807) is 22.9 Å². The van der Waals surface area contributed by atoms with Gasteiger partial charge in [0, 0.05) is 48.8 Å². The second-order valence-electron chi connectivity index (χ2n) is 9.74. The monoisotopic (exact) mass is 512 g/mol. The van der Waals surface area contributed by atoms with Crippen LogP contribution in [-0.2, 0) is 4.79 Å². The second kappa shape index (κ2) is 9.24. The van der Waals surface area contributed by atoms with Crippen LogP contribution in [0.3, 0.4) is 0 Å². The summed E-state index contributed by atoms with van der Waals surface area (Å²) in [5.41, 5.74) is 1.65. The Balaban J connectivity index is 1.66. The average molecular weight is 513 g/mol. The van der Waals surface area contributed by atoms with Crippen LogP contribution in [0.15, 0.2) is 42.5 Å². The molecule has 36 heavy (non-hydrogen) atoms. The second-order valence-corrected chi connectivity index (χ2v) is 10.1. The number of nitrogens with one attached hydrogen (secondary N) is 1. The van der Waals surface area contributed by atoms with Gasteiger partial charge in [0.25, 0.3) is 5.91 Å². The fourth-order valence-corrected chi connectivity index (χ4v) is 5.13. The first-order valence-corrected chi connectivity index (χ1v) is 12.3. The minimum Gasteiger partial charge on any atom is -0.369 e. The number of anilines is 3. The lowest BCUT2D eigenvalue weighted by Crippen LogP contribution is -2.31. The Bertz CT molecular complexity index is 1430. The van der Waals surface area contributed by atoms with Crippen LogP contribution in [0.5, 0.6) is 0 Å². The molecule has 2 amide bonds. The number of aromatic nitrogens is 2. The molecule has 1 saturated heterocycles. The van der Waals surface area contributed by atoms with Gasteiger partial charge in [-0.05, 0) is 56.4 Å². The molecule has 5 rings (SSSR count). The molecule has 9 heteroatoms. The maximum absolute atomic E-state index is 14.8. The van der Waals surface area contributed by atoms with Gasteiger partial charge in [0.2, 0.25) is 5.91 Å². The molecule has 2 aromatic carbocycles. The summed E-state index contributed by atoms with van der Waals surface area (Å²) in [4.78, 5) is 28.0. The van der Waals surface area contributed by atoms with Crippen molar-refractivity contribution in [1.29, 1.82) is 0 Å². The molecule has 1 saturated carbocycles. The van der Waals surface area contributed by atoms with Gasteiger partial charge in [0.15, 0.2) is 5.82 Å². The van der Waals surface area contributed by atoms with Crippen molar-refractivity contribution in [2.24, 2.45) is 11.8 Å². The van der Waals surface area contributed by atoms with E-state index in [0.717, 1.165) is 36.8 Å². The summed E-state index contributed by atoms with van der Waals surface area (Å²) in [5, 5.41) is 7.06. The van der Waals surface area contributed by atoms with Gasteiger partial charge in [-0.2, -0.15) is 5.10 Å². The van der Waals surface area contributed by atoms with Crippen molar-refractivity contribution in [2.75, 3.05) is 35.2 Å². The number of nitrogens with zero attached hydrogens (tertiary/aromatic N) is 4. The molecule has 0 radical (unpaired) electrons. The number of piperidine rings is 1. The van der Waals surface area contributed by atoms with Gasteiger partial charge in [0.05, 0.1) is 27.7 Å². The van der Waals surface area contributed by atoms with Crippen LogP contribution >= 0.6 is 11.6 Å². The molecule has 0 spiro atoms. The van der Waals surface area contributed by atoms with Gasteiger partial charge in [-0.1, -0.05) is 23.7 Å². The number of hydrogen-bond acceptors (Lipinski definition) is 4. The molecule has 1 aromatic heterocycles. The van der Waals surface area contributed by atoms with E-state index in [0.29, 0.717) is 28.2 Å². The molecule has 2 heterocycles. The Morgan fingerprint density at radius 2 is 1.97 bits per heavy atom. The Morgan fingerprint density at radius 1 is 1.22 bits per heavy atom. The maximum atomic E-state index is 14.8. The topological polar surface area (TPSA) is 70.5 Å². The summed E-state index contributed by atoms with van der Waals surface area (Å²) in [6.45, 7) is 3.87. The first-order chi connectivity index (χ1) is 18.3. The standard InChI is InChI=1S/C27H29ClFN5O2/c1-15(2)34-23(12-25(31-34)30-16(3)35)17-8-9-22(24(11-17)33-13-18-10-19(18)14-33)32(4)27(36)26-20(28)6-5-7-21(26)29/h5-9,11-12,15,18-19H,10,13-14H2,1-4H3,(H,30,31,35)/i4D3. The van der Waals surface area contributed by atoms with Gasteiger partial charge in [0.1, 0.15) is 5.82 Å². The molecule has 7 nitrogen and oxygen atoms in total. The van der Waals surface area contributed by atoms with Crippen LogP contribution in [-0.4, -0.2) is 41.7 Å². The molecule has 1 N–H and O–H groups in total. The minimum absolute atomic E-state index is 0.0336. The van der Waals surface area contributed by atoms with Crippen molar-refractivity contribution >= 4 is 40.6 Å². The van der Waals surface area contributed by atoms with E-state index in [4.69, 9.17) is 15.7 Å². The number of carbonyl (C=O) groups excluding carboxylic acids is 2. The SMILES string of the molecule is [2H]C([2H])([2H])N(C(=O)c1c(F)cccc1Cl)c1ccc(-c2cc(NC(C)=O)nn2C(C)C)cc1N1CC2CC2C1. The molecule has 1 aliphatic carbocycles. The lowest BCUT2D eigenvalue weighted by molar-refractivity contribution is -0.114. The van der Waals surface area contributed by atoms with E-state index in [-0.39, 0.29) is 22.7 Å². The van der Waals surface area contributed by atoms with Crippen molar-refractivity contribution in [2.45, 2.75) is 33.2 Å². The molecule has 2 atom stereocenters. The normalized spacial score (nSPS) is 19.9. The van der Waals surface area contributed by atoms with Crippen molar-refractivity contribution in [3.8, 4) is 11.3 Å². The number of halogens is 2. The van der Waals surface area contributed by atoms with Crippen molar-refractivity contribution in [3.05, 3.63) is 58.9 Å². The first-order valence-electron chi connectivity index (χ1n) is 13.4. The average Bonchev–Trinajstić information content (AvgIpc) is 3.23. The van der Waals surface area contributed by atoms with Crippen LogP contribution in [0, 0.1) is 17.7 Å². The third kappa shape index (κ3) is 4.46. The molecule has 0 bridgehead atoms. The van der Waals surface area contributed by atoms with Gasteiger partial charge in [-0.3, -0.25) is 14.3 Å². The van der Waals surface area contributed by atoms with Gasteiger partial charge in [-0.15, -0.1) is 0 Å². The zero-order chi connectivity index (χ0) is 28.2. The van der Waals surface area contributed by atoms with E-state index in [9.17, 15) is 14.0 Å². The lowest BCUT2D eigenvalue weighted by Gasteiger charge is -2.29. The van der Waals surface area contributed by atoms with Crippen LogP contribution < -0.4 is 15.1 Å². The summed E-state index contributed by atoms with van der Waals surface area (Å²) in [5.74, 6) is -0.752. The summed E-state index contributed by atoms with van der Waals surface area (Å²) in [6.07, 6.45) is 1.12. The quantitative estimate of drug-likeness (QED) is 0.465. The third-order valence-corrected chi connectivity index (χ3v) is 7.06. The Kier molecular flexibility index (Phi) is 5.33. The molecule has 3 aromatic rings. The van der Waals surface area contributed by atoms with Crippen molar-refractivity contribution in [1.82, 2.24) is 9.78 Å².